The average Bonchev–Trinajstić information content (AvgIpc) is 3.52. The molecular weight excluding hydrogens is 444 g/mol. The first-order valence-electron chi connectivity index (χ1n) is 10.9. The lowest BCUT2D eigenvalue weighted by Gasteiger charge is -2.55. The third-order valence-corrected chi connectivity index (χ3v) is 7.55. The molecule has 5 rings (SSSR count). The molecule has 0 N–H and O–H groups in total. The molecule has 2 fully saturated rings. The highest BCUT2D eigenvalue weighted by atomic mass is 16.6. The van der Waals surface area contributed by atoms with Gasteiger partial charge in [0.15, 0.2) is 23.8 Å². The first-order valence-corrected chi connectivity index (χ1v) is 10.9. The Bertz CT molecular complexity index is 1200. The fourth-order valence-corrected chi connectivity index (χ4v) is 5.75. The van der Waals surface area contributed by atoms with E-state index in [4.69, 9.17) is 23.0 Å². The zero-order chi connectivity index (χ0) is 24.5. The molecule has 0 aromatic carbocycles. The Hall–Kier alpha value is -3.46. The molecule has 1 saturated heterocycles. The molecule has 0 amide bonds. The molecule has 34 heavy (non-hydrogen) atoms. The molecule has 2 bridgehead atoms. The standard InChI is InChI=1S/C25H24O9/c1-13-9-17(26)19(32-21(28)14-5-7-30-11-14)24(4)20(33-22(29)15-6-8-31-12-15)18(27)16-10-25(13,24)34-23(16,2)3/h5-9,11-12,16,19-20H,10H2,1-4H3. The number of Topliss-reactive ketones (excluding diaryl/α,β-unsaturated/α-hetero) is 1. The highest BCUT2D eigenvalue weighted by molar-refractivity contribution is 6.03. The van der Waals surface area contributed by atoms with Gasteiger partial charge in [0.25, 0.3) is 0 Å². The van der Waals surface area contributed by atoms with E-state index in [2.05, 4.69) is 0 Å². The van der Waals surface area contributed by atoms with E-state index in [1.54, 1.807) is 27.7 Å². The van der Waals surface area contributed by atoms with Crippen LogP contribution in [0.4, 0.5) is 0 Å². The molecule has 1 spiro atoms. The van der Waals surface area contributed by atoms with Crippen molar-refractivity contribution >= 4 is 23.5 Å². The fraction of sp³-hybridized carbons (Fsp3) is 0.440. The molecule has 1 aliphatic heterocycles. The van der Waals surface area contributed by atoms with Crippen molar-refractivity contribution in [2.45, 2.75) is 57.5 Å². The normalized spacial score (nSPS) is 33.8. The van der Waals surface area contributed by atoms with Gasteiger partial charge in [0, 0.05) is 0 Å². The summed E-state index contributed by atoms with van der Waals surface area (Å²) in [6.45, 7) is 6.94. The maximum absolute atomic E-state index is 13.8. The van der Waals surface area contributed by atoms with Gasteiger partial charge in [-0.05, 0) is 57.9 Å². The SMILES string of the molecule is CC1=CC(=O)C(OC(=O)c2ccoc2)C2(C)C(OC(=O)c3ccoc3)C(=O)C3CC12OC3(C)C. The van der Waals surface area contributed by atoms with Crippen LogP contribution in [0.15, 0.2) is 57.7 Å². The second kappa shape index (κ2) is 7.27. The summed E-state index contributed by atoms with van der Waals surface area (Å²) in [6.07, 6.45) is 3.82. The lowest BCUT2D eigenvalue weighted by atomic mass is 9.52. The first-order chi connectivity index (χ1) is 16.0. The van der Waals surface area contributed by atoms with Crippen molar-refractivity contribution in [1.29, 1.82) is 0 Å². The van der Waals surface area contributed by atoms with Crippen molar-refractivity contribution in [1.82, 2.24) is 0 Å². The monoisotopic (exact) mass is 468 g/mol. The number of esters is 2. The molecule has 9 heteroatoms. The minimum absolute atomic E-state index is 0.108. The van der Waals surface area contributed by atoms with Crippen molar-refractivity contribution in [3.05, 3.63) is 60.0 Å². The number of hydrogen-bond acceptors (Lipinski definition) is 9. The Morgan fingerprint density at radius 3 is 2.03 bits per heavy atom. The van der Waals surface area contributed by atoms with Crippen molar-refractivity contribution in [3.8, 4) is 0 Å². The average molecular weight is 468 g/mol. The number of furan rings is 2. The van der Waals surface area contributed by atoms with Gasteiger partial charge >= 0.3 is 11.9 Å². The van der Waals surface area contributed by atoms with E-state index in [-0.39, 0.29) is 23.3 Å². The molecule has 9 nitrogen and oxygen atoms in total. The maximum Gasteiger partial charge on any atom is 0.342 e. The van der Waals surface area contributed by atoms with Crippen molar-refractivity contribution < 1.29 is 42.2 Å². The Balaban J connectivity index is 1.64. The molecule has 3 heterocycles. The van der Waals surface area contributed by atoms with E-state index in [0.29, 0.717) is 5.57 Å². The van der Waals surface area contributed by atoms with Crippen LogP contribution in [0.25, 0.3) is 0 Å². The third-order valence-electron chi connectivity index (χ3n) is 7.55. The van der Waals surface area contributed by atoms with Gasteiger partial charge in [0.1, 0.15) is 18.1 Å². The number of ether oxygens (including phenoxy) is 3. The molecule has 3 aliphatic rings. The second-order valence-electron chi connectivity index (χ2n) is 9.80. The van der Waals surface area contributed by atoms with Crippen LogP contribution in [0.5, 0.6) is 0 Å². The fourth-order valence-electron chi connectivity index (χ4n) is 5.75. The van der Waals surface area contributed by atoms with E-state index < -0.39 is 52.5 Å². The Kier molecular flexibility index (Phi) is 4.77. The number of carbonyl (C=O) groups is 4. The summed E-state index contributed by atoms with van der Waals surface area (Å²) in [4.78, 5) is 52.8. The van der Waals surface area contributed by atoms with Crippen molar-refractivity contribution in [3.63, 3.8) is 0 Å². The predicted octanol–water partition coefficient (Wildman–Crippen LogP) is 3.30. The largest absolute Gasteiger partial charge is 0.472 e. The highest BCUT2D eigenvalue weighted by Crippen LogP contribution is 2.64. The van der Waals surface area contributed by atoms with Crippen LogP contribution in [0.2, 0.25) is 0 Å². The minimum Gasteiger partial charge on any atom is -0.472 e. The number of fused-ring (bicyclic) bond motifs is 1. The van der Waals surface area contributed by atoms with Crippen LogP contribution >= 0.6 is 0 Å². The number of carbonyl (C=O) groups excluding carboxylic acids is 4. The van der Waals surface area contributed by atoms with E-state index >= 15 is 0 Å². The van der Waals surface area contributed by atoms with Crippen LogP contribution in [0.1, 0.15) is 54.8 Å². The van der Waals surface area contributed by atoms with Gasteiger partial charge in [-0.25, -0.2) is 9.59 Å². The summed E-state index contributed by atoms with van der Waals surface area (Å²) in [5, 5.41) is 0. The third kappa shape index (κ3) is 2.89. The number of hydrogen-bond donors (Lipinski definition) is 0. The molecular formula is C25H24O9. The topological polar surface area (TPSA) is 122 Å². The van der Waals surface area contributed by atoms with E-state index in [1.807, 2.05) is 0 Å². The zero-order valence-electron chi connectivity index (χ0n) is 19.2. The van der Waals surface area contributed by atoms with E-state index in [0.717, 1.165) is 0 Å². The Labute approximate surface area is 195 Å². The first kappa shape index (κ1) is 22.3. The number of rotatable bonds is 4. The molecule has 2 aliphatic carbocycles. The highest BCUT2D eigenvalue weighted by Gasteiger charge is 2.76. The lowest BCUT2D eigenvalue weighted by molar-refractivity contribution is -0.201. The minimum atomic E-state index is -1.52. The van der Waals surface area contributed by atoms with Crippen LogP contribution < -0.4 is 0 Å². The van der Waals surface area contributed by atoms with Gasteiger partial charge < -0.3 is 23.0 Å². The van der Waals surface area contributed by atoms with Crippen LogP contribution in [0.3, 0.4) is 0 Å². The molecule has 0 radical (unpaired) electrons. The Morgan fingerprint density at radius 1 is 0.941 bits per heavy atom. The quantitative estimate of drug-likeness (QED) is 0.622. The van der Waals surface area contributed by atoms with Crippen molar-refractivity contribution in [2.24, 2.45) is 11.3 Å². The molecule has 2 aromatic heterocycles. The van der Waals surface area contributed by atoms with Crippen molar-refractivity contribution in [2.75, 3.05) is 0 Å². The van der Waals surface area contributed by atoms with Crippen LogP contribution in [-0.4, -0.2) is 46.9 Å². The summed E-state index contributed by atoms with van der Waals surface area (Å²) >= 11 is 0. The van der Waals surface area contributed by atoms with E-state index in [1.165, 1.54) is 43.3 Å². The van der Waals surface area contributed by atoms with Gasteiger partial charge in [0.2, 0.25) is 0 Å². The molecule has 1 saturated carbocycles. The molecule has 5 atom stereocenters. The summed E-state index contributed by atoms with van der Waals surface area (Å²) in [6, 6.07) is 2.82. The summed E-state index contributed by atoms with van der Waals surface area (Å²) in [5.74, 6) is -3.09. The maximum atomic E-state index is 13.8. The second-order valence-corrected chi connectivity index (χ2v) is 9.80. The smallest absolute Gasteiger partial charge is 0.342 e. The van der Waals surface area contributed by atoms with Gasteiger partial charge in [0.05, 0.1) is 40.6 Å². The van der Waals surface area contributed by atoms with Gasteiger partial charge in [-0.15, -0.1) is 0 Å². The summed E-state index contributed by atoms with van der Waals surface area (Å²) < 4.78 is 27.9. The van der Waals surface area contributed by atoms with Crippen LogP contribution in [0, 0.1) is 11.3 Å². The zero-order valence-corrected chi connectivity index (χ0v) is 19.2. The van der Waals surface area contributed by atoms with Crippen LogP contribution in [-0.2, 0) is 23.8 Å². The molecule has 2 aromatic rings. The number of ketones is 2. The van der Waals surface area contributed by atoms with Gasteiger partial charge in [-0.3, -0.25) is 9.59 Å². The molecule has 178 valence electrons. The molecule has 5 unspecified atom stereocenters. The predicted molar refractivity (Wildman–Crippen MR) is 114 cm³/mol. The lowest BCUT2D eigenvalue weighted by Crippen LogP contribution is -2.69. The van der Waals surface area contributed by atoms with Gasteiger partial charge in [-0.2, -0.15) is 0 Å². The Morgan fingerprint density at radius 2 is 1.50 bits per heavy atom. The van der Waals surface area contributed by atoms with E-state index in [9.17, 15) is 19.2 Å². The summed E-state index contributed by atoms with van der Waals surface area (Å²) in [5.41, 5.74) is -2.79. The summed E-state index contributed by atoms with van der Waals surface area (Å²) in [7, 11) is 0. The van der Waals surface area contributed by atoms with Gasteiger partial charge in [-0.1, -0.05) is 0 Å².